The molecule has 1 aliphatic heterocycles. The minimum Gasteiger partial charge on any atom is -0.342 e. The summed E-state index contributed by atoms with van der Waals surface area (Å²) in [5.74, 6) is -0.933. The number of thioether (sulfide) groups is 1. The summed E-state index contributed by atoms with van der Waals surface area (Å²) in [7, 11) is 0. The van der Waals surface area contributed by atoms with Crippen molar-refractivity contribution in [1.29, 1.82) is 0 Å². The van der Waals surface area contributed by atoms with Gasteiger partial charge in [-0.3, -0.25) is 19.3 Å². The summed E-state index contributed by atoms with van der Waals surface area (Å²) in [5, 5.41) is 4.37. The van der Waals surface area contributed by atoms with Crippen molar-refractivity contribution >= 4 is 74.7 Å². The van der Waals surface area contributed by atoms with Crippen LogP contribution in [0.3, 0.4) is 0 Å². The van der Waals surface area contributed by atoms with Crippen LogP contribution in [0.4, 0.5) is 10.5 Å². The predicted molar refractivity (Wildman–Crippen MR) is 155 cm³/mol. The number of carbonyl (C=O) groups is 3. The van der Waals surface area contributed by atoms with Crippen LogP contribution in [0.1, 0.15) is 22.3 Å². The van der Waals surface area contributed by atoms with E-state index in [2.05, 4.69) is 5.32 Å². The van der Waals surface area contributed by atoms with Gasteiger partial charge < -0.3 is 9.88 Å². The summed E-state index contributed by atoms with van der Waals surface area (Å²) in [6.07, 6.45) is 3.60. The van der Waals surface area contributed by atoms with Crippen molar-refractivity contribution in [3.05, 3.63) is 104 Å². The lowest BCUT2D eigenvalue weighted by Gasteiger charge is -2.14. The van der Waals surface area contributed by atoms with Crippen LogP contribution in [-0.4, -0.2) is 33.1 Å². The van der Waals surface area contributed by atoms with E-state index in [9.17, 15) is 14.4 Å². The Morgan fingerprint density at radius 1 is 0.974 bits per heavy atom. The van der Waals surface area contributed by atoms with Gasteiger partial charge in [0.2, 0.25) is 5.91 Å². The average Bonchev–Trinajstić information content (AvgIpc) is 3.36. The van der Waals surface area contributed by atoms with Crippen molar-refractivity contribution in [3.8, 4) is 0 Å². The zero-order valence-electron chi connectivity index (χ0n) is 20.6. The zero-order chi connectivity index (χ0) is 27.0. The maximum absolute atomic E-state index is 13.1. The summed E-state index contributed by atoms with van der Waals surface area (Å²) in [6, 6.07) is 18.7. The second kappa shape index (κ2) is 10.7. The summed E-state index contributed by atoms with van der Waals surface area (Å²) in [6.45, 7) is 3.94. The van der Waals surface area contributed by atoms with Gasteiger partial charge in [0, 0.05) is 44.0 Å². The Morgan fingerprint density at radius 2 is 1.68 bits per heavy atom. The summed E-state index contributed by atoms with van der Waals surface area (Å²) in [5.41, 5.74) is 5.12. The first-order valence-corrected chi connectivity index (χ1v) is 13.4. The maximum Gasteiger partial charge on any atom is 0.294 e. The molecule has 9 heteroatoms. The van der Waals surface area contributed by atoms with Gasteiger partial charge in [-0.2, -0.15) is 0 Å². The number of carbonyl (C=O) groups excluding carboxylic acids is 3. The SMILES string of the molecule is Cc1cccc(NC(=O)CN2C(=O)S/C(=C\c3cn(Cc4c(Cl)cccc4Cl)c4ccccc34)C2=O)c1C. The first-order chi connectivity index (χ1) is 18.2. The third-order valence-corrected chi connectivity index (χ3v) is 8.17. The first kappa shape index (κ1) is 26.1. The Kier molecular flexibility index (Phi) is 7.34. The van der Waals surface area contributed by atoms with E-state index in [1.54, 1.807) is 30.3 Å². The van der Waals surface area contributed by atoms with E-state index >= 15 is 0 Å². The molecule has 0 atom stereocenters. The van der Waals surface area contributed by atoms with Gasteiger partial charge in [-0.05, 0) is 67.1 Å². The highest BCUT2D eigenvalue weighted by Gasteiger charge is 2.36. The number of amides is 3. The molecule has 1 aliphatic rings. The number of fused-ring (bicyclic) bond motifs is 1. The van der Waals surface area contributed by atoms with Crippen molar-refractivity contribution in [1.82, 2.24) is 9.47 Å². The molecule has 0 aliphatic carbocycles. The molecule has 0 unspecified atom stereocenters. The number of anilines is 1. The number of aromatic nitrogens is 1. The fourth-order valence-electron chi connectivity index (χ4n) is 4.37. The Balaban J connectivity index is 1.40. The van der Waals surface area contributed by atoms with E-state index in [-0.39, 0.29) is 11.4 Å². The second-order valence-corrected chi connectivity index (χ2v) is 10.8. The van der Waals surface area contributed by atoms with Gasteiger partial charge in [0.15, 0.2) is 0 Å². The van der Waals surface area contributed by atoms with Crippen molar-refractivity contribution in [2.24, 2.45) is 0 Å². The Hall–Kier alpha value is -3.52. The molecule has 0 radical (unpaired) electrons. The number of hydrogen-bond acceptors (Lipinski definition) is 4. The number of benzene rings is 3. The summed E-state index contributed by atoms with van der Waals surface area (Å²) in [4.78, 5) is 39.8. The molecule has 1 saturated heterocycles. The molecule has 192 valence electrons. The molecule has 0 bridgehead atoms. The molecule has 0 spiro atoms. The molecule has 0 saturated carbocycles. The van der Waals surface area contributed by atoms with Crippen molar-refractivity contribution in [2.75, 3.05) is 11.9 Å². The number of halogens is 2. The van der Waals surface area contributed by atoms with Crippen molar-refractivity contribution in [2.45, 2.75) is 20.4 Å². The fourth-order valence-corrected chi connectivity index (χ4v) is 5.72. The molecule has 1 aromatic heterocycles. The molecule has 1 N–H and O–H groups in total. The monoisotopic (exact) mass is 563 g/mol. The Morgan fingerprint density at radius 3 is 2.45 bits per heavy atom. The quantitative estimate of drug-likeness (QED) is 0.250. The highest BCUT2D eigenvalue weighted by Crippen LogP contribution is 2.35. The van der Waals surface area contributed by atoms with Crippen LogP contribution < -0.4 is 5.32 Å². The third-order valence-electron chi connectivity index (χ3n) is 6.55. The molecule has 38 heavy (non-hydrogen) atoms. The van der Waals surface area contributed by atoms with E-state index in [1.165, 1.54) is 0 Å². The predicted octanol–water partition coefficient (Wildman–Crippen LogP) is 7.29. The average molecular weight is 564 g/mol. The smallest absolute Gasteiger partial charge is 0.294 e. The largest absolute Gasteiger partial charge is 0.342 e. The van der Waals surface area contributed by atoms with E-state index in [1.807, 2.05) is 61.0 Å². The number of rotatable bonds is 6. The van der Waals surface area contributed by atoms with E-state index in [0.29, 0.717) is 22.3 Å². The van der Waals surface area contributed by atoms with Crippen LogP contribution in [0.5, 0.6) is 0 Å². The molecule has 6 nitrogen and oxygen atoms in total. The van der Waals surface area contributed by atoms with Gasteiger partial charge in [0.05, 0.1) is 11.4 Å². The number of para-hydroxylation sites is 1. The molecule has 2 heterocycles. The molecular weight excluding hydrogens is 541 g/mol. The van der Waals surface area contributed by atoms with Crippen LogP contribution in [0.15, 0.2) is 71.8 Å². The van der Waals surface area contributed by atoms with Crippen LogP contribution in [0.25, 0.3) is 17.0 Å². The van der Waals surface area contributed by atoms with Crippen LogP contribution in [0, 0.1) is 13.8 Å². The highest BCUT2D eigenvalue weighted by atomic mass is 35.5. The Labute approximate surface area is 234 Å². The normalized spacial score (nSPS) is 14.6. The second-order valence-electron chi connectivity index (χ2n) is 8.99. The van der Waals surface area contributed by atoms with E-state index < -0.39 is 17.1 Å². The van der Waals surface area contributed by atoms with Gasteiger partial charge in [-0.15, -0.1) is 0 Å². The molecule has 5 rings (SSSR count). The van der Waals surface area contributed by atoms with Gasteiger partial charge in [0.1, 0.15) is 6.54 Å². The van der Waals surface area contributed by atoms with Crippen LogP contribution in [0.2, 0.25) is 10.0 Å². The highest BCUT2D eigenvalue weighted by molar-refractivity contribution is 8.18. The number of imide groups is 1. The van der Waals surface area contributed by atoms with Gasteiger partial charge in [-0.1, -0.05) is 59.6 Å². The minimum atomic E-state index is -0.498. The van der Waals surface area contributed by atoms with E-state index in [0.717, 1.165) is 49.8 Å². The molecule has 3 amide bonds. The minimum absolute atomic E-state index is 0.258. The van der Waals surface area contributed by atoms with Gasteiger partial charge in [0.25, 0.3) is 11.1 Å². The van der Waals surface area contributed by atoms with Crippen LogP contribution in [-0.2, 0) is 16.1 Å². The van der Waals surface area contributed by atoms with Crippen molar-refractivity contribution in [3.63, 3.8) is 0 Å². The first-order valence-electron chi connectivity index (χ1n) is 11.8. The zero-order valence-corrected chi connectivity index (χ0v) is 23.0. The lowest BCUT2D eigenvalue weighted by Crippen LogP contribution is -2.36. The third kappa shape index (κ3) is 5.10. The molecule has 4 aromatic rings. The summed E-state index contributed by atoms with van der Waals surface area (Å²) < 4.78 is 2.01. The molecule has 1 fully saturated rings. The number of nitrogens with one attached hydrogen (secondary N) is 1. The molecule has 3 aromatic carbocycles. The number of nitrogens with zero attached hydrogens (tertiary/aromatic N) is 2. The lowest BCUT2D eigenvalue weighted by atomic mass is 10.1. The van der Waals surface area contributed by atoms with Crippen molar-refractivity contribution < 1.29 is 14.4 Å². The topological polar surface area (TPSA) is 71.4 Å². The lowest BCUT2D eigenvalue weighted by molar-refractivity contribution is -0.127. The number of hydrogen-bond donors (Lipinski definition) is 1. The maximum atomic E-state index is 13.1. The standard InChI is InChI=1S/C29H23Cl2N3O3S/c1-17-7-5-11-24(18(17)2)32-27(35)16-34-28(36)26(38-29(34)37)13-19-14-33(25-12-4-3-8-20(19)25)15-21-22(30)9-6-10-23(21)31/h3-14H,15-16H2,1-2H3,(H,32,35)/b26-13-. The fraction of sp³-hybridized carbons (Fsp3) is 0.138. The van der Waals surface area contributed by atoms with E-state index in [4.69, 9.17) is 23.2 Å². The van der Waals surface area contributed by atoms with Gasteiger partial charge >= 0.3 is 0 Å². The summed E-state index contributed by atoms with van der Waals surface area (Å²) >= 11 is 13.6. The van der Waals surface area contributed by atoms with Gasteiger partial charge in [-0.25, -0.2) is 0 Å². The number of aryl methyl sites for hydroxylation is 1. The van der Waals surface area contributed by atoms with Crippen LogP contribution >= 0.6 is 35.0 Å². The Bertz CT molecular complexity index is 1620. The molecular formula is C29H23Cl2N3O3S.